The molecule has 0 aliphatic rings. The van der Waals surface area contributed by atoms with Crippen LogP contribution in [0.5, 0.6) is 0 Å². The number of rotatable bonds is 6. The quantitative estimate of drug-likeness (QED) is 0.783. The molecule has 0 unspecified atom stereocenters. The van der Waals surface area contributed by atoms with Gasteiger partial charge >= 0.3 is 0 Å². The highest BCUT2D eigenvalue weighted by atomic mass is 16.3. The van der Waals surface area contributed by atoms with Gasteiger partial charge in [-0.25, -0.2) is 0 Å². The third kappa shape index (κ3) is 4.80. The van der Waals surface area contributed by atoms with Crippen molar-refractivity contribution >= 4 is 0 Å². The van der Waals surface area contributed by atoms with E-state index >= 15 is 0 Å². The summed E-state index contributed by atoms with van der Waals surface area (Å²) >= 11 is 0. The summed E-state index contributed by atoms with van der Waals surface area (Å²) in [5, 5.41) is 21.0. The van der Waals surface area contributed by atoms with E-state index in [0.29, 0.717) is 12.1 Å². The van der Waals surface area contributed by atoms with Crippen LogP contribution >= 0.6 is 0 Å². The Morgan fingerprint density at radius 2 is 1.75 bits per heavy atom. The number of nitriles is 1. The van der Waals surface area contributed by atoms with Crippen LogP contribution in [0.25, 0.3) is 0 Å². The number of allylic oxidation sites excluding steroid dienone is 1. The van der Waals surface area contributed by atoms with Gasteiger partial charge in [0.05, 0.1) is 18.2 Å². The van der Waals surface area contributed by atoms with Gasteiger partial charge in [-0.2, -0.15) is 5.26 Å². The molecule has 0 spiro atoms. The van der Waals surface area contributed by atoms with E-state index in [-0.39, 0.29) is 17.6 Å². The molecule has 0 amide bonds. The lowest BCUT2D eigenvalue weighted by atomic mass is 9.82. The maximum atomic E-state index is 8.87. The van der Waals surface area contributed by atoms with Crippen LogP contribution in [-0.2, 0) is 5.41 Å². The van der Waals surface area contributed by atoms with Crippen LogP contribution in [0, 0.1) is 11.3 Å². The third-order valence-electron chi connectivity index (χ3n) is 3.37. The molecule has 0 saturated heterocycles. The van der Waals surface area contributed by atoms with Crippen LogP contribution in [0.2, 0.25) is 0 Å². The van der Waals surface area contributed by atoms with E-state index in [9.17, 15) is 0 Å². The first-order valence-corrected chi connectivity index (χ1v) is 6.88. The van der Waals surface area contributed by atoms with Crippen molar-refractivity contribution < 1.29 is 5.11 Å². The van der Waals surface area contributed by atoms with E-state index in [2.05, 4.69) is 51.2 Å². The lowest BCUT2D eigenvalue weighted by Gasteiger charge is -2.26. The molecule has 20 heavy (non-hydrogen) atoms. The maximum absolute atomic E-state index is 8.87. The SMILES string of the molecule is CC(C)(/C=C/C(C)(C)c1ccc(C#N)cc1)NCCO. The maximum Gasteiger partial charge on any atom is 0.0991 e. The average molecular weight is 272 g/mol. The van der Waals surface area contributed by atoms with Gasteiger partial charge in [0.2, 0.25) is 0 Å². The van der Waals surface area contributed by atoms with Crippen molar-refractivity contribution in [2.45, 2.75) is 38.6 Å². The molecule has 0 atom stereocenters. The summed E-state index contributed by atoms with van der Waals surface area (Å²) in [4.78, 5) is 0. The molecule has 0 saturated carbocycles. The largest absolute Gasteiger partial charge is 0.395 e. The summed E-state index contributed by atoms with van der Waals surface area (Å²) in [6.07, 6.45) is 4.29. The van der Waals surface area contributed by atoms with Gasteiger partial charge in [-0.3, -0.25) is 0 Å². The Bertz CT molecular complexity index is 493. The lowest BCUT2D eigenvalue weighted by molar-refractivity contribution is 0.278. The molecule has 0 heterocycles. The van der Waals surface area contributed by atoms with Crippen LogP contribution in [0.4, 0.5) is 0 Å². The Hall–Kier alpha value is -1.63. The normalized spacial score (nSPS) is 12.6. The Morgan fingerprint density at radius 3 is 2.25 bits per heavy atom. The van der Waals surface area contributed by atoms with Crippen molar-refractivity contribution in [2.24, 2.45) is 0 Å². The number of hydrogen-bond donors (Lipinski definition) is 2. The molecule has 0 aliphatic heterocycles. The van der Waals surface area contributed by atoms with E-state index in [4.69, 9.17) is 10.4 Å². The monoisotopic (exact) mass is 272 g/mol. The first-order valence-electron chi connectivity index (χ1n) is 6.88. The summed E-state index contributed by atoms with van der Waals surface area (Å²) in [7, 11) is 0. The van der Waals surface area contributed by atoms with Crippen molar-refractivity contribution in [3.63, 3.8) is 0 Å². The molecule has 0 aliphatic carbocycles. The average Bonchev–Trinajstić information content (AvgIpc) is 2.43. The van der Waals surface area contributed by atoms with Gasteiger partial charge in [0.25, 0.3) is 0 Å². The highest BCUT2D eigenvalue weighted by Gasteiger charge is 2.19. The van der Waals surface area contributed by atoms with Gasteiger partial charge in [-0.1, -0.05) is 38.1 Å². The zero-order chi connectivity index (χ0) is 15.2. The van der Waals surface area contributed by atoms with Crippen LogP contribution in [0.3, 0.4) is 0 Å². The first kappa shape index (κ1) is 16.4. The Balaban J connectivity index is 2.85. The molecule has 1 aromatic rings. The summed E-state index contributed by atoms with van der Waals surface area (Å²) in [5.41, 5.74) is 1.59. The fraction of sp³-hybridized carbons (Fsp3) is 0.471. The Morgan fingerprint density at radius 1 is 1.15 bits per heavy atom. The topological polar surface area (TPSA) is 56.0 Å². The molecule has 0 bridgehead atoms. The predicted molar refractivity (Wildman–Crippen MR) is 82.5 cm³/mol. The van der Waals surface area contributed by atoms with Crippen LogP contribution < -0.4 is 5.32 Å². The van der Waals surface area contributed by atoms with Gasteiger partial charge in [0.1, 0.15) is 0 Å². The van der Waals surface area contributed by atoms with E-state index in [1.165, 1.54) is 5.56 Å². The smallest absolute Gasteiger partial charge is 0.0991 e. The second-order valence-electron chi connectivity index (χ2n) is 6.12. The number of aliphatic hydroxyl groups excluding tert-OH is 1. The zero-order valence-electron chi connectivity index (χ0n) is 12.8. The Labute approximate surface area is 121 Å². The molecule has 2 N–H and O–H groups in total. The molecule has 3 nitrogen and oxygen atoms in total. The number of β-amino-alcohol motifs (C(OH)–C–C–N with tert-alkyl or cyclic N) is 1. The second-order valence-corrected chi connectivity index (χ2v) is 6.12. The minimum atomic E-state index is -0.160. The molecular formula is C17H24N2O. The van der Waals surface area contributed by atoms with E-state index in [1.54, 1.807) is 0 Å². The van der Waals surface area contributed by atoms with Crippen LogP contribution in [0.1, 0.15) is 38.8 Å². The fourth-order valence-corrected chi connectivity index (χ4v) is 1.92. The van der Waals surface area contributed by atoms with Gasteiger partial charge in [-0.05, 0) is 31.5 Å². The number of benzene rings is 1. The minimum Gasteiger partial charge on any atom is -0.395 e. The molecule has 1 rings (SSSR count). The van der Waals surface area contributed by atoms with E-state index in [1.807, 2.05) is 24.3 Å². The van der Waals surface area contributed by atoms with Gasteiger partial charge in [-0.15, -0.1) is 0 Å². The molecule has 108 valence electrons. The highest BCUT2D eigenvalue weighted by molar-refractivity contribution is 5.36. The molecule has 3 heteroatoms. The number of hydrogen-bond acceptors (Lipinski definition) is 3. The van der Waals surface area contributed by atoms with Crippen molar-refractivity contribution in [1.82, 2.24) is 5.32 Å². The fourth-order valence-electron chi connectivity index (χ4n) is 1.92. The first-order chi connectivity index (χ1) is 9.30. The Kier molecular flexibility index (Phi) is 5.50. The summed E-state index contributed by atoms with van der Waals surface area (Å²) < 4.78 is 0. The second kappa shape index (κ2) is 6.69. The third-order valence-corrected chi connectivity index (χ3v) is 3.37. The highest BCUT2D eigenvalue weighted by Crippen LogP contribution is 2.26. The van der Waals surface area contributed by atoms with Gasteiger partial charge in [0, 0.05) is 17.5 Å². The summed E-state index contributed by atoms with van der Waals surface area (Å²) in [6, 6.07) is 9.82. The zero-order valence-corrected chi connectivity index (χ0v) is 12.8. The van der Waals surface area contributed by atoms with Gasteiger partial charge in [0.15, 0.2) is 0 Å². The van der Waals surface area contributed by atoms with E-state index in [0.717, 1.165) is 0 Å². The van der Waals surface area contributed by atoms with E-state index < -0.39 is 0 Å². The molecule has 1 aromatic carbocycles. The van der Waals surface area contributed by atoms with Crippen molar-refractivity contribution in [3.8, 4) is 6.07 Å². The van der Waals surface area contributed by atoms with Crippen LogP contribution in [0.15, 0.2) is 36.4 Å². The predicted octanol–water partition coefficient (Wildman–Crippen LogP) is 2.75. The van der Waals surface area contributed by atoms with Crippen LogP contribution in [-0.4, -0.2) is 23.8 Å². The molecular weight excluding hydrogens is 248 g/mol. The minimum absolute atomic E-state index is 0.105. The molecule has 0 fully saturated rings. The lowest BCUT2D eigenvalue weighted by Crippen LogP contribution is -2.39. The molecule has 0 aromatic heterocycles. The molecule has 0 radical (unpaired) electrons. The van der Waals surface area contributed by atoms with Crippen molar-refractivity contribution in [3.05, 3.63) is 47.5 Å². The number of nitrogens with one attached hydrogen (secondary N) is 1. The van der Waals surface area contributed by atoms with Crippen molar-refractivity contribution in [1.29, 1.82) is 5.26 Å². The number of nitrogens with zero attached hydrogens (tertiary/aromatic N) is 1. The summed E-state index contributed by atoms with van der Waals surface area (Å²) in [6.45, 7) is 9.16. The summed E-state index contributed by atoms with van der Waals surface area (Å²) in [5.74, 6) is 0. The van der Waals surface area contributed by atoms with Gasteiger partial charge < -0.3 is 10.4 Å². The standard InChI is InChI=1S/C17H24N2O/c1-16(2,9-10-17(3,4)19-11-12-20)15-7-5-14(13-18)6-8-15/h5-10,19-20H,11-12H2,1-4H3/b10-9+. The van der Waals surface area contributed by atoms with Crippen molar-refractivity contribution in [2.75, 3.05) is 13.2 Å². The number of aliphatic hydroxyl groups is 1.